The van der Waals surface area contributed by atoms with E-state index in [9.17, 15) is 0 Å². The summed E-state index contributed by atoms with van der Waals surface area (Å²) in [6, 6.07) is 8.21. The summed E-state index contributed by atoms with van der Waals surface area (Å²) in [4.78, 5) is 0. The van der Waals surface area contributed by atoms with Crippen LogP contribution in [0.25, 0.3) is 0 Å². The summed E-state index contributed by atoms with van der Waals surface area (Å²) in [6.07, 6.45) is 2.47. The predicted octanol–water partition coefficient (Wildman–Crippen LogP) is 2.48. The Kier molecular flexibility index (Phi) is 4.19. The van der Waals surface area contributed by atoms with Crippen molar-refractivity contribution in [2.75, 3.05) is 19.9 Å². The Morgan fingerprint density at radius 2 is 2.19 bits per heavy atom. The number of hydrogen-bond acceptors (Lipinski definition) is 3. The molecule has 1 N–H and O–H groups in total. The van der Waals surface area contributed by atoms with E-state index < -0.39 is 0 Å². The highest BCUT2D eigenvalue weighted by atomic mass is 16.5. The van der Waals surface area contributed by atoms with Crippen molar-refractivity contribution < 1.29 is 9.47 Å². The van der Waals surface area contributed by atoms with Crippen LogP contribution in [0.1, 0.15) is 31.4 Å². The van der Waals surface area contributed by atoms with Crippen LogP contribution in [0, 0.1) is 0 Å². The summed E-state index contributed by atoms with van der Waals surface area (Å²) in [7, 11) is 0. The van der Waals surface area contributed by atoms with Crippen molar-refractivity contribution in [3.63, 3.8) is 0 Å². The normalized spacial score (nSPS) is 19.9. The molecule has 0 aromatic heterocycles. The smallest absolute Gasteiger partial charge is 0.119 e. The van der Waals surface area contributed by atoms with E-state index in [1.807, 2.05) is 12.1 Å². The van der Waals surface area contributed by atoms with Gasteiger partial charge in [-0.2, -0.15) is 0 Å². The number of rotatable bonds is 5. The van der Waals surface area contributed by atoms with Crippen LogP contribution in [0.15, 0.2) is 24.3 Å². The zero-order valence-electron chi connectivity index (χ0n) is 9.74. The maximum atomic E-state index is 5.61. The molecule has 16 heavy (non-hydrogen) atoms. The lowest BCUT2D eigenvalue weighted by Gasteiger charge is -2.10. The number of hydrogen-bond donors (Lipinski definition) is 1. The summed E-state index contributed by atoms with van der Waals surface area (Å²) in [6.45, 7) is 4.52. The molecule has 1 saturated heterocycles. The predicted molar refractivity (Wildman–Crippen MR) is 63.5 cm³/mol. The largest absolute Gasteiger partial charge is 0.494 e. The second-order valence-corrected chi connectivity index (χ2v) is 4.02. The van der Waals surface area contributed by atoms with Crippen molar-refractivity contribution in [1.82, 2.24) is 5.32 Å². The van der Waals surface area contributed by atoms with Gasteiger partial charge in [-0.1, -0.05) is 25.5 Å². The number of unbranched alkanes of at least 4 members (excludes halogenated alkanes) is 1. The van der Waals surface area contributed by atoms with Gasteiger partial charge in [0.1, 0.15) is 5.75 Å². The van der Waals surface area contributed by atoms with Crippen LogP contribution in [0.3, 0.4) is 0 Å². The molecule has 1 unspecified atom stereocenters. The van der Waals surface area contributed by atoms with Crippen molar-refractivity contribution in [2.24, 2.45) is 0 Å². The minimum absolute atomic E-state index is 0.199. The van der Waals surface area contributed by atoms with Crippen LogP contribution in [0.4, 0.5) is 0 Å². The van der Waals surface area contributed by atoms with Crippen LogP contribution < -0.4 is 10.1 Å². The summed E-state index contributed by atoms with van der Waals surface area (Å²) in [5, 5.41) is 3.17. The van der Waals surface area contributed by atoms with E-state index in [0.29, 0.717) is 6.73 Å². The van der Waals surface area contributed by atoms with Gasteiger partial charge >= 0.3 is 0 Å². The molecule has 0 spiro atoms. The molecule has 1 heterocycles. The van der Waals surface area contributed by atoms with Gasteiger partial charge in [0.05, 0.1) is 19.4 Å². The van der Waals surface area contributed by atoms with Crippen LogP contribution in [-0.4, -0.2) is 19.9 Å². The van der Waals surface area contributed by atoms with Crippen LogP contribution in [0.2, 0.25) is 0 Å². The minimum Gasteiger partial charge on any atom is -0.494 e. The van der Waals surface area contributed by atoms with Gasteiger partial charge in [0, 0.05) is 6.54 Å². The average Bonchev–Trinajstić information content (AvgIpc) is 2.84. The van der Waals surface area contributed by atoms with E-state index >= 15 is 0 Å². The summed E-state index contributed by atoms with van der Waals surface area (Å²) in [5.41, 5.74) is 1.22. The second-order valence-electron chi connectivity index (χ2n) is 4.02. The highest BCUT2D eigenvalue weighted by Crippen LogP contribution is 2.22. The molecule has 1 aliphatic heterocycles. The molecule has 1 aromatic carbocycles. The van der Waals surface area contributed by atoms with Gasteiger partial charge in [-0.3, -0.25) is 5.32 Å². The maximum Gasteiger partial charge on any atom is 0.119 e. The molecule has 2 rings (SSSR count). The molecule has 1 aromatic rings. The summed E-state index contributed by atoms with van der Waals surface area (Å²) in [5.74, 6) is 0.947. The Hall–Kier alpha value is -1.06. The standard InChI is InChI=1S/C13H19NO2/c1-2-3-8-15-12-6-4-11(5-7-12)13-9-14-10-16-13/h4-7,13-14H,2-3,8-10H2,1H3. The fourth-order valence-corrected chi connectivity index (χ4v) is 1.74. The zero-order valence-corrected chi connectivity index (χ0v) is 9.74. The van der Waals surface area contributed by atoms with E-state index in [2.05, 4.69) is 24.4 Å². The van der Waals surface area contributed by atoms with Gasteiger partial charge in [-0.15, -0.1) is 0 Å². The van der Waals surface area contributed by atoms with E-state index in [1.165, 1.54) is 12.0 Å². The molecule has 1 fully saturated rings. The van der Waals surface area contributed by atoms with Crippen LogP contribution >= 0.6 is 0 Å². The van der Waals surface area contributed by atoms with Gasteiger partial charge in [-0.25, -0.2) is 0 Å². The molecular weight excluding hydrogens is 202 g/mol. The molecule has 3 nitrogen and oxygen atoms in total. The van der Waals surface area contributed by atoms with Gasteiger partial charge in [0.15, 0.2) is 0 Å². The Morgan fingerprint density at radius 1 is 1.38 bits per heavy atom. The molecule has 0 radical (unpaired) electrons. The lowest BCUT2D eigenvalue weighted by atomic mass is 10.1. The molecule has 88 valence electrons. The third-order valence-corrected chi connectivity index (χ3v) is 2.73. The van der Waals surface area contributed by atoms with Gasteiger partial charge < -0.3 is 9.47 Å². The van der Waals surface area contributed by atoms with Gasteiger partial charge in [0.2, 0.25) is 0 Å². The molecular formula is C13H19NO2. The zero-order chi connectivity index (χ0) is 11.2. The second kappa shape index (κ2) is 5.87. The molecule has 3 heteroatoms. The number of ether oxygens (including phenoxy) is 2. The van der Waals surface area contributed by atoms with Gasteiger partial charge in [0.25, 0.3) is 0 Å². The van der Waals surface area contributed by atoms with Crippen LogP contribution in [-0.2, 0) is 4.74 Å². The quantitative estimate of drug-likeness (QED) is 0.775. The SMILES string of the molecule is CCCCOc1ccc(C2CNCO2)cc1. The lowest BCUT2D eigenvalue weighted by molar-refractivity contribution is 0.114. The van der Waals surface area contributed by atoms with E-state index in [1.54, 1.807) is 0 Å². The van der Waals surface area contributed by atoms with Crippen molar-refractivity contribution >= 4 is 0 Å². The highest BCUT2D eigenvalue weighted by molar-refractivity contribution is 5.29. The summed E-state index contributed by atoms with van der Waals surface area (Å²) >= 11 is 0. The van der Waals surface area contributed by atoms with E-state index in [-0.39, 0.29) is 6.10 Å². The summed E-state index contributed by atoms with van der Waals surface area (Å²) < 4.78 is 11.1. The maximum absolute atomic E-state index is 5.61. The Balaban J connectivity index is 1.88. The topological polar surface area (TPSA) is 30.5 Å². The fraction of sp³-hybridized carbons (Fsp3) is 0.538. The molecule has 0 bridgehead atoms. The van der Waals surface area contributed by atoms with Crippen molar-refractivity contribution in [1.29, 1.82) is 0 Å². The van der Waals surface area contributed by atoms with Crippen molar-refractivity contribution in [3.05, 3.63) is 29.8 Å². The first-order valence-corrected chi connectivity index (χ1v) is 5.95. The molecule has 0 amide bonds. The number of benzene rings is 1. The Morgan fingerprint density at radius 3 is 2.81 bits per heavy atom. The molecule has 1 aliphatic rings. The van der Waals surface area contributed by atoms with Crippen molar-refractivity contribution in [3.8, 4) is 5.75 Å². The molecule has 0 aliphatic carbocycles. The molecule has 1 atom stereocenters. The lowest BCUT2D eigenvalue weighted by Crippen LogP contribution is -2.07. The highest BCUT2D eigenvalue weighted by Gasteiger charge is 2.16. The van der Waals surface area contributed by atoms with Crippen LogP contribution in [0.5, 0.6) is 5.75 Å². The van der Waals surface area contributed by atoms with E-state index in [4.69, 9.17) is 9.47 Å². The van der Waals surface area contributed by atoms with E-state index in [0.717, 1.165) is 25.3 Å². The van der Waals surface area contributed by atoms with Crippen molar-refractivity contribution in [2.45, 2.75) is 25.9 Å². The average molecular weight is 221 g/mol. The fourth-order valence-electron chi connectivity index (χ4n) is 1.74. The Bertz CT molecular complexity index is 304. The molecule has 0 saturated carbocycles. The monoisotopic (exact) mass is 221 g/mol. The number of nitrogens with one attached hydrogen (secondary N) is 1. The third-order valence-electron chi connectivity index (χ3n) is 2.73. The third kappa shape index (κ3) is 2.97. The Labute approximate surface area is 96.8 Å². The first kappa shape index (κ1) is 11.4. The first-order chi connectivity index (χ1) is 7.90. The minimum atomic E-state index is 0.199. The first-order valence-electron chi connectivity index (χ1n) is 5.95. The van der Waals surface area contributed by atoms with Gasteiger partial charge in [-0.05, 0) is 24.1 Å².